The van der Waals surface area contributed by atoms with E-state index in [9.17, 15) is 0 Å². The van der Waals surface area contributed by atoms with Crippen LogP contribution in [0.2, 0.25) is 19.1 Å². The number of rotatable bonds is 6. The molecular formula is C10H24OSi. The van der Waals surface area contributed by atoms with Gasteiger partial charge in [-0.1, -0.05) is 26.2 Å². The molecule has 0 aliphatic rings. The molecule has 0 aliphatic heterocycles. The summed E-state index contributed by atoms with van der Waals surface area (Å²) in [5, 5.41) is 0. The standard InChI is InChI=1S/C10H24OSi/c1-6-7-8-9-12(4,5)11-10(2)3/h10H,6-9H2,1-5H3. The smallest absolute Gasteiger partial charge is 0.187 e. The third-order valence-corrected chi connectivity index (χ3v) is 4.60. The number of hydrogen-bond donors (Lipinski definition) is 0. The lowest BCUT2D eigenvalue weighted by molar-refractivity contribution is 0.230. The Bertz CT molecular complexity index is 110. The third kappa shape index (κ3) is 6.86. The first kappa shape index (κ1) is 12.2. The zero-order valence-corrected chi connectivity index (χ0v) is 10.3. The minimum atomic E-state index is -1.30. The van der Waals surface area contributed by atoms with E-state index in [1.807, 2.05) is 0 Å². The molecule has 0 unspecified atom stereocenters. The molecule has 74 valence electrons. The molecule has 0 aliphatic carbocycles. The van der Waals surface area contributed by atoms with Crippen LogP contribution < -0.4 is 0 Å². The maximum atomic E-state index is 5.92. The Kier molecular flexibility index (Phi) is 5.84. The van der Waals surface area contributed by atoms with Crippen molar-refractivity contribution in [2.24, 2.45) is 0 Å². The van der Waals surface area contributed by atoms with Crippen LogP contribution in [0.1, 0.15) is 40.0 Å². The molecule has 0 aromatic rings. The Morgan fingerprint density at radius 1 is 1.17 bits per heavy atom. The van der Waals surface area contributed by atoms with Crippen molar-refractivity contribution in [3.8, 4) is 0 Å². The molecular weight excluding hydrogens is 164 g/mol. The molecule has 0 N–H and O–H groups in total. The van der Waals surface area contributed by atoms with Gasteiger partial charge in [0.1, 0.15) is 0 Å². The van der Waals surface area contributed by atoms with Gasteiger partial charge >= 0.3 is 0 Å². The molecule has 0 amide bonds. The minimum Gasteiger partial charge on any atom is -0.415 e. The van der Waals surface area contributed by atoms with Crippen LogP contribution in [0.15, 0.2) is 0 Å². The maximum Gasteiger partial charge on any atom is 0.187 e. The molecule has 12 heavy (non-hydrogen) atoms. The SMILES string of the molecule is CCCCC[Si](C)(C)OC(C)C. The van der Waals surface area contributed by atoms with Gasteiger partial charge in [0.25, 0.3) is 0 Å². The van der Waals surface area contributed by atoms with Crippen LogP contribution in [0.5, 0.6) is 0 Å². The van der Waals surface area contributed by atoms with Crippen LogP contribution in [0.4, 0.5) is 0 Å². The second-order valence-electron chi connectivity index (χ2n) is 4.38. The van der Waals surface area contributed by atoms with Crippen molar-refractivity contribution in [2.45, 2.75) is 65.3 Å². The highest BCUT2D eigenvalue weighted by Gasteiger charge is 2.22. The van der Waals surface area contributed by atoms with Crippen LogP contribution in [0.3, 0.4) is 0 Å². The predicted molar refractivity (Wildman–Crippen MR) is 58.0 cm³/mol. The van der Waals surface area contributed by atoms with Crippen molar-refractivity contribution in [1.29, 1.82) is 0 Å². The largest absolute Gasteiger partial charge is 0.415 e. The molecule has 0 aromatic carbocycles. The molecule has 0 aromatic heterocycles. The predicted octanol–water partition coefficient (Wildman–Crippen LogP) is 3.81. The lowest BCUT2D eigenvalue weighted by atomic mass is 10.3. The Hall–Kier alpha value is 0.177. The third-order valence-electron chi connectivity index (χ3n) is 1.94. The van der Waals surface area contributed by atoms with E-state index in [1.165, 1.54) is 25.3 Å². The molecule has 0 fully saturated rings. The van der Waals surface area contributed by atoms with Crippen molar-refractivity contribution in [3.63, 3.8) is 0 Å². The molecule has 0 saturated carbocycles. The summed E-state index contributed by atoms with van der Waals surface area (Å²) in [6.45, 7) is 11.2. The van der Waals surface area contributed by atoms with E-state index in [0.717, 1.165) is 0 Å². The maximum absolute atomic E-state index is 5.92. The molecule has 0 bridgehead atoms. The van der Waals surface area contributed by atoms with Gasteiger partial charge in [0.15, 0.2) is 8.32 Å². The van der Waals surface area contributed by atoms with Crippen LogP contribution in [0, 0.1) is 0 Å². The second-order valence-corrected chi connectivity index (χ2v) is 8.64. The van der Waals surface area contributed by atoms with E-state index in [2.05, 4.69) is 33.9 Å². The average Bonchev–Trinajstić information content (AvgIpc) is 1.84. The van der Waals surface area contributed by atoms with Crippen molar-refractivity contribution in [3.05, 3.63) is 0 Å². The molecule has 0 saturated heterocycles. The van der Waals surface area contributed by atoms with Gasteiger partial charge in [-0.3, -0.25) is 0 Å². The molecule has 1 nitrogen and oxygen atoms in total. The minimum absolute atomic E-state index is 0.410. The van der Waals surface area contributed by atoms with Gasteiger partial charge in [-0.25, -0.2) is 0 Å². The fraction of sp³-hybridized carbons (Fsp3) is 1.00. The van der Waals surface area contributed by atoms with Gasteiger partial charge in [0.05, 0.1) is 0 Å². The fourth-order valence-corrected chi connectivity index (χ4v) is 3.99. The topological polar surface area (TPSA) is 9.23 Å². The van der Waals surface area contributed by atoms with Crippen LogP contribution in [0.25, 0.3) is 0 Å². The highest BCUT2D eigenvalue weighted by atomic mass is 28.4. The van der Waals surface area contributed by atoms with Crippen molar-refractivity contribution in [1.82, 2.24) is 0 Å². The summed E-state index contributed by atoms with van der Waals surface area (Å²) in [6, 6.07) is 1.32. The normalized spacial score (nSPS) is 12.5. The highest BCUT2D eigenvalue weighted by molar-refractivity contribution is 6.71. The summed E-state index contributed by atoms with van der Waals surface area (Å²) < 4.78 is 5.92. The Morgan fingerprint density at radius 2 is 1.75 bits per heavy atom. The van der Waals surface area contributed by atoms with Gasteiger partial charge in [0.2, 0.25) is 0 Å². The van der Waals surface area contributed by atoms with Crippen molar-refractivity contribution < 1.29 is 4.43 Å². The summed E-state index contributed by atoms with van der Waals surface area (Å²) in [7, 11) is -1.30. The molecule has 2 heteroatoms. The fourth-order valence-electron chi connectivity index (χ4n) is 1.50. The summed E-state index contributed by atoms with van der Waals surface area (Å²) in [5.74, 6) is 0. The monoisotopic (exact) mass is 188 g/mol. The lowest BCUT2D eigenvalue weighted by Crippen LogP contribution is -2.33. The summed E-state index contributed by atoms with van der Waals surface area (Å²) in [5.41, 5.74) is 0. The number of hydrogen-bond acceptors (Lipinski definition) is 1. The van der Waals surface area contributed by atoms with E-state index >= 15 is 0 Å². The Labute approximate surface area is 78.6 Å². The van der Waals surface area contributed by atoms with E-state index in [0.29, 0.717) is 6.10 Å². The summed E-state index contributed by atoms with van der Waals surface area (Å²) in [6.07, 6.45) is 4.43. The summed E-state index contributed by atoms with van der Waals surface area (Å²) >= 11 is 0. The molecule has 0 radical (unpaired) electrons. The van der Waals surface area contributed by atoms with E-state index in [-0.39, 0.29) is 0 Å². The first-order chi connectivity index (χ1) is 5.48. The molecule has 0 spiro atoms. The van der Waals surface area contributed by atoms with Crippen LogP contribution in [-0.2, 0) is 4.43 Å². The first-order valence-electron chi connectivity index (χ1n) is 5.16. The van der Waals surface area contributed by atoms with Crippen LogP contribution in [-0.4, -0.2) is 14.4 Å². The second kappa shape index (κ2) is 5.76. The van der Waals surface area contributed by atoms with Gasteiger partial charge in [-0.15, -0.1) is 0 Å². The van der Waals surface area contributed by atoms with Gasteiger partial charge in [-0.2, -0.15) is 0 Å². The molecule has 0 atom stereocenters. The first-order valence-corrected chi connectivity index (χ1v) is 8.27. The zero-order chi connectivity index (χ0) is 9.61. The molecule has 0 heterocycles. The quantitative estimate of drug-likeness (QED) is 0.455. The average molecular weight is 188 g/mol. The Morgan fingerprint density at radius 3 is 2.17 bits per heavy atom. The van der Waals surface area contributed by atoms with Crippen molar-refractivity contribution in [2.75, 3.05) is 0 Å². The van der Waals surface area contributed by atoms with Gasteiger partial charge < -0.3 is 4.43 Å². The lowest BCUT2D eigenvalue weighted by Gasteiger charge is -2.25. The number of unbranched alkanes of at least 4 members (excludes halogenated alkanes) is 2. The Balaban J connectivity index is 3.56. The van der Waals surface area contributed by atoms with E-state index in [1.54, 1.807) is 0 Å². The van der Waals surface area contributed by atoms with Gasteiger partial charge in [0, 0.05) is 6.10 Å². The van der Waals surface area contributed by atoms with E-state index < -0.39 is 8.32 Å². The highest BCUT2D eigenvalue weighted by Crippen LogP contribution is 2.17. The van der Waals surface area contributed by atoms with E-state index in [4.69, 9.17) is 4.43 Å². The van der Waals surface area contributed by atoms with Crippen molar-refractivity contribution >= 4 is 8.32 Å². The van der Waals surface area contributed by atoms with Crippen LogP contribution >= 0.6 is 0 Å². The summed E-state index contributed by atoms with van der Waals surface area (Å²) in [4.78, 5) is 0. The molecule has 0 rings (SSSR count). The zero-order valence-electron chi connectivity index (χ0n) is 9.31. The van der Waals surface area contributed by atoms with Gasteiger partial charge in [-0.05, 0) is 33.0 Å².